The van der Waals surface area contributed by atoms with Gasteiger partial charge in [-0.1, -0.05) is 54.1 Å². The van der Waals surface area contributed by atoms with E-state index in [9.17, 15) is 4.79 Å². The normalized spacial score (nSPS) is 11.9. The average molecular weight is 419 g/mol. The van der Waals surface area contributed by atoms with Gasteiger partial charge in [0.15, 0.2) is 0 Å². The predicted octanol–water partition coefficient (Wildman–Crippen LogP) is 5.67. The first-order valence-corrected chi connectivity index (χ1v) is 10.2. The Kier molecular flexibility index (Phi) is 6.05. The molecule has 0 spiro atoms. The van der Waals surface area contributed by atoms with Gasteiger partial charge in [0.05, 0.1) is 7.11 Å². The van der Waals surface area contributed by atoms with Crippen molar-refractivity contribution < 1.29 is 9.53 Å². The van der Waals surface area contributed by atoms with Crippen LogP contribution >= 0.6 is 11.6 Å². The quantitative estimate of drug-likeness (QED) is 0.406. The molecule has 2 N–H and O–H groups in total. The van der Waals surface area contributed by atoms with Gasteiger partial charge in [0.25, 0.3) is 0 Å². The van der Waals surface area contributed by atoms with E-state index in [1.807, 2.05) is 79.0 Å². The Morgan fingerprint density at radius 3 is 2.57 bits per heavy atom. The molecular weight excluding hydrogens is 396 g/mol. The van der Waals surface area contributed by atoms with Crippen molar-refractivity contribution in [2.75, 3.05) is 7.11 Å². The SMILES string of the molecule is COc1ccc2[nH]cc([C@@H](CC(=O)NCc3ccccc3)c3ccc(Cl)cc3)c2c1. The van der Waals surface area contributed by atoms with Crippen LogP contribution in [0.2, 0.25) is 5.02 Å². The van der Waals surface area contributed by atoms with E-state index in [4.69, 9.17) is 16.3 Å². The molecule has 0 aliphatic heterocycles. The number of nitrogens with one attached hydrogen (secondary N) is 2. The molecule has 0 saturated heterocycles. The number of halogens is 1. The van der Waals surface area contributed by atoms with Crippen molar-refractivity contribution >= 4 is 28.4 Å². The summed E-state index contributed by atoms with van der Waals surface area (Å²) in [6.45, 7) is 0.509. The maximum Gasteiger partial charge on any atom is 0.221 e. The molecule has 1 aromatic heterocycles. The van der Waals surface area contributed by atoms with E-state index in [0.29, 0.717) is 18.0 Å². The highest BCUT2D eigenvalue weighted by atomic mass is 35.5. The third-order valence-electron chi connectivity index (χ3n) is 5.29. The van der Waals surface area contributed by atoms with Crippen molar-refractivity contribution in [1.29, 1.82) is 0 Å². The molecule has 1 amide bonds. The van der Waals surface area contributed by atoms with Crippen molar-refractivity contribution in [3.63, 3.8) is 0 Å². The predicted molar refractivity (Wildman–Crippen MR) is 121 cm³/mol. The number of ether oxygens (including phenoxy) is 1. The zero-order valence-corrected chi connectivity index (χ0v) is 17.4. The van der Waals surface area contributed by atoms with Gasteiger partial charge in [-0.25, -0.2) is 0 Å². The van der Waals surface area contributed by atoms with Crippen molar-refractivity contribution in [3.8, 4) is 5.75 Å². The Morgan fingerprint density at radius 1 is 1.07 bits per heavy atom. The van der Waals surface area contributed by atoms with Crippen LogP contribution in [-0.2, 0) is 11.3 Å². The molecule has 0 aliphatic rings. The number of H-pyrrole nitrogens is 1. The van der Waals surface area contributed by atoms with Gasteiger partial charge < -0.3 is 15.0 Å². The Balaban J connectivity index is 1.63. The summed E-state index contributed by atoms with van der Waals surface area (Å²) in [5.74, 6) is 0.668. The van der Waals surface area contributed by atoms with E-state index in [-0.39, 0.29) is 11.8 Å². The first-order chi connectivity index (χ1) is 14.6. The summed E-state index contributed by atoms with van der Waals surface area (Å²) in [4.78, 5) is 16.2. The van der Waals surface area contributed by atoms with Gasteiger partial charge in [0, 0.05) is 41.0 Å². The Labute approximate surface area is 180 Å². The van der Waals surface area contributed by atoms with Crippen LogP contribution in [0.4, 0.5) is 0 Å². The zero-order valence-electron chi connectivity index (χ0n) is 16.7. The molecular formula is C25H23ClN2O2. The molecule has 3 aromatic carbocycles. The van der Waals surface area contributed by atoms with Gasteiger partial charge in [-0.15, -0.1) is 0 Å². The first kappa shape index (κ1) is 20.0. The molecule has 1 atom stereocenters. The van der Waals surface area contributed by atoms with E-state index in [0.717, 1.165) is 33.3 Å². The van der Waals surface area contributed by atoms with Gasteiger partial charge in [-0.2, -0.15) is 0 Å². The summed E-state index contributed by atoms with van der Waals surface area (Å²) in [6.07, 6.45) is 2.31. The van der Waals surface area contributed by atoms with Crippen molar-refractivity contribution in [2.45, 2.75) is 18.9 Å². The van der Waals surface area contributed by atoms with Gasteiger partial charge >= 0.3 is 0 Å². The highest BCUT2D eigenvalue weighted by Crippen LogP contribution is 2.35. The van der Waals surface area contributed by atoms with Gasteiger partial charge in [0.1, 0.15) is 5.75 Å². The topological polar surface area (TPSA) is 54.1 Å². The van der Waals surface area contributed by atoms with Crippen molar-refractivity contribution in [1.82, 2.24) is 10.3 Å². The number of fused-ring (bicyclic) bond motifs is 1. The lowest BCUT2D eigenvalue weighted by molar-refractivity contribution is -0.121. The third-order valence-corrected chi connectivity index (χ3v) is 5.54. The standard InChI is InChI=1S/C25H23ClN2O2/c1-30-20-11-12-24-22(13-20)23(16-27-24)21(18-7-9-19(26)10-8-18)14-25(29)28-15-17-5-3-2-4-6-17/h2-13,16,21,27H,14-15H2,1H3,(H,28,29)/t21-/m0/s1. The molecule has 0 radical (unpaired) electrons. The Bertz CT molecular complexity index is 1140. The highest BCUT2D eigenvalue weighted by Gasteiger charge is 2.22. The third kappa shape index (κ3) is 4.50. The molecule has 0 aliphatic carbocycles. The summed E-state index contributed by atoms with van der Waals surface area (Å²) in [5, 5.41) is 4.76. The number of aromatic amines is 1. The minimum absolute atomic E-state index is 0.00366. The van der Waals surface area contributed by atoms with E-state index >= 15 is 0 Å². The van der Waals surface area contributed by atoms with Gasteiger partial charge in [0.2, 0.25) is 5.91 Å². The minimum Gasteiger partial charge on any atom is -0.497 e. The van der Waals surface area contributed by atoms with Crippen LogP contribution in [0.15, 0.2) is 79.0 Å². The van der Waals surface area contributed by atoms with E-state index in [1.165, 1.54) is 0 Å². The summed E-state index contributed by atoms with van der Waals surface area (Å²) in [5.41, 5.74) is 4.18. The second-order valence-electron chi connectivity index (χ2n) is 7.23. The highest BCUT2D eigenvalue weighted by molar-refractivity contribution is 6.30. The summed E-state index contributed by atoms with van der Waals surface area (Å²) in [6, 6.07) is 23.5. The van der Waals surface area contributed by atoms with Crippen LogP contribution in [0.25, 0.3) is 10.9 Å². The maximum atomic E-state index is 12.8. The second kappa shape index (κ2) is 9.06. The lowest BCUT2D eigenvalue weighted by Crippen LogP contribution is -2.25. The van der Waals surface area contributed by atoms with E-state index in [2.05, 4.69) is 10.3 Å². The largest absolute Gasteiger partial charge is 0.497 e. The lowest BCUT2D eigenvalue weighted by Gasteiger charge is -2.18. The lowest BCUT2D eigenvalue weighted by atomic mass is 9.88. The summed E-state index contributed by atoms with van der Waals surface area (Å²) >= 11 is 6.10. The number of benzene rings is 3. The molecule has 4 nitrogen and oxygen atoms in total. The molecule has 5 heteroatoms. The number of aromatic nitrogens is 1. The maximum absolute atomic E-state index is 12.8. The molecule has 152 valence electrons. The van der Waals surface area contributed by atoms with Gasteiger partial charge in [-0.3, -0.25) is 4.79 Å². The number of methoxy groups -OCH3 is 1. The van der Waals surface area contributed by atoms with Crippen molar-refractivity contribution in [3.05, 3.63) is 101 Å². The average Bonchev–Trinajstić information content (AvgIpc) is 3.20. The van der Waals surface area contributed by atoms with Crippen LogP contribution in [0.1, 0.15) is 29.0 Å². The van der Waals surface area contributed by atoms with Crippen LogP contribution in [0.3, 0.4) is 0 Å². The Hall–Kier alpha value is -3.24. The van der Waals surface area contributed by atoms with Crippen LogP contribution in [0.5, 0.6) is 5.75 Å². The van der Waals surface area contributed by atoms with Crippen LogP contribution in [-0.4, -0.2) is 18.0 Å². The van der Waals surface area contributed by atoms with Crippen LogP contribution < -0.4 is 10.1 Å². The number of hydrogen-bond donors (Lipinski definition) is 2. The van der Waals surface area contributed by atoms with E-state index < -0.39 is 0 Å². The molecule has 0 bridgehead atoms. The number of hydrogen-bond acceptors (Lipinski definition) is 2. The number of carbonyl (C=O) groups excluding carboxylic acids is 1. The molecule has 30 heavy (non-hydrogen) atoms. The summed E-state index contributed by atoms with van der Waals surface area (Å²) < 4.78 is 5.41. The monoisotopic (exact) mass is 418 g/mol. The molecule has 4 rings (SSSR count). The fourth-order valence-corrected chi connectivity index (χ4v) is 3.82. The Morgan fingerprint density at radius 2 is 1.83 bits per heavy atom. The number of amides is 1. The second-order valence-corrected chi connectivity index (χ2v) is 7.66. The van der Waals surface area contributed by atoms with Crippen molar-refractivity contribution in [2.24, 2.45) is 0 Å². The molecule has 1 heterocycles. The molecule has 0 unspecified atom stereocenters. The fourth-order valence-electron chi connectivity index (χ4n) is 3.69. The first-order valence-electron chi connectivity index (χ1n) is 9.85. The number of rotatable bonds is 7. The molecule has 0 saturated carbocycles. The van der Waals surface area contributed by atoms with E-state index in [1.54, 1.807) is 7.11 Å². The van der Waals surface area contributed by atoms with Crippen LogP contribution in [0, 0.1) is 0 Å². The fraction of sp³-hybridized carbons (Fsp3) is 0.160. The number of carbonyl (C=O) groups is 1. The molecule has 0 fully saturated rings. The smallest absolute Gasteiger partial charge is 0.221 e. The zero-order chi connectivity index (χ0) is 20.9. The van der Waals surface area contributed by atoms with Gasteiger partial charge in [-0.05, 0) is 47.0 Å². The minimum atomic E-state index is -0.112. The summed E-state index contributed by atoms with van der Waals surface area (Å²) in [7, 11) is 1.65. The molecule has 4 aromatic rings.